The van der Waals surface area contributed by atoms with Gasteiger partial charge in [0, 0.05) is 6.54 Å². The van der Waals surface area contributed by atoms with E-state index in [1.807, 2.05) is 0 Å². The Labute approximate surface area is 164 Å². The number of carbonyl (C=O) groups is 2. The van der Waals surface area contributed by atoms with Crippen LogP contribution in [0.1, 0.15) is 32.0 Å². The van der Waals surface area contributed by atoms with Crippen LogP contribution < -0.4 is 10.6 Å². The van der Waals surface area contributed by atoms with Gasteiger partial charge in [-0.2, -0.15) is 18.3 Å². The highest BCUT2D eigenvalue weighted by Crippen LogP contribution is 2.14. The number of fused-ring (bicyclic) bond motifs is 1. The molecule has 2 aromatic rings. The highest BCUT2D eigenvalue weighted by atomic mass is 19.4. The number of halogens is 3. The molecule has 2 rings (SSSR count). The molecule has 2 amide bonds. The number of hydrogen-bond acceptors (Lipinski definition) is 6. The lowest BCUT2D eigenvalue weighted by Crippen LogP contribution is -2.32. The van der Waals surface area contributed by atoms with Crippen LogP contribution in [0.4, 0.5) is 18.0 Å². The zero-order valence-electron chi connectivity index (χ0n) is 16.2. The first-order valence-corrected chi connectivity index (χ1v) is 8.62. The number of nitrogens with zero attached hydrogens (tertiary/aromatic N) is 3. The molecule has 2 aromatic heterocycles. The van der Waals surface area contributed by atoms with Crippen LogP contribution in [0.15, 0.2) is 18.5 Å². The molecule has 0 radical (unpaired) electrons. The molecule has 2 heterocycles. The van der Waals surface area contributed by atoms with Gasteiger partial charge < -0.3 is 20.1 Å². The fourth-order valence-electron chi connectivity index (χ4n) is 2.13. The van der Waals surface area contributed by atoms with Crippen LogP contribution in [0.2, 0.25) is 0 Å². The maximum atomic E-state index is 12.0. The molecule has 29 heavy (non-hydrogen) atoms. The van der Waals surface area contributed by atoms with Crippen molar-refractivity contribution in [1.29, 1.82) is 0 Å². The van der Waals surface area contributed by atoms with E-state index >= 15 is 0 Å². The molecule has 0 aliphatic carbocycles. The van der Waals surface area contributed by atoms with Gasteiger partial charge >= 0.3 is 12.3 Å². The molecule has 0 saturated heterocycles. The van der Waals surface area contributed by atoms with Crippen molar-refractivity contribution in [2.24, 2.45) is 0 Å². The van der Waals surface area contributed by atoms with Crippen LogP contribution in [-0.2, 0) is 27.4 Å². The fraction of sp³-hybridized carbons (Fsp3) is 0.529. The molecular weight excluding hydrogens is 395 g/mol. The van der Waals surface area contributed by atoms with E-state index in [1.54, 1.807) is 33.0 Å². The molecule has 0 saturated carbocycles. The van der Waals surface area contributed by atoms with E-state index in [0.717, 1.165) is 0 Å². The number of aromatic nitrogens is 3. The summed E-state index contributed by atoms with van der Waals surface area (Å²) >= 11 is 0. The number of carbonyl (C=O) groups excluding carboxylic acids is 2. The molecule has 0 aromatic carbocycles. The summed E-state index contributed by atoms with van der Waals surface area (Å²) in [7, 11) is 0. The first-order valence-electron chi connectivity index (χ1n) is 8.62. The van der Waals surface area contributed by atoms with Crippen molar-refractivity contribution in [1.82, 2.24) is 25.2 Å². The zero-order valence-corrected chi connectivity index (χ0v) is 16.2. The quantitative estimate of drug-likeness (QED) is 0.713. The second-order valence-corrected chi connectivity index (χ2v) is 7.14. The van der Waals surface area contributed by atoms with Crippen molar-refractivity contribution < 1.29 is 32.2 Å². The second-order valence-electron chi connectivity index (χ2n) is 7.14. The van der Waals surface area contributed by atoms with E-state index in [4.69, 9.17) is 4.74 Å². The van der Waals surface area contributed by atoms with Gasteiger partial charge in [-0.1, -0.05) is 0 Å². The Hall–Kier alpha value is -2.89. The predicted octanol–water partition coefficient (Wildman–Crippen LogP) is 1.95. The predicted molar refractivity (Wildman–Crippen MR) is 94.8 cm³/mol. The first kappa shape index (κ1) is 22.4. The van der Waals surface area contributed by atoms with E-state index in [9.17, 15) is 22.8 Å². The van der Waals surface area contributed by atoms with Crippen molar-refractivity contribution in [3.8, 4) is 0 Å². The summed E-state index contributed by atoms with van der Waals surface area (Å²) in [5, 5.41) is 9.16. The number of imidazole rings is 1. The molecular formula is C17H22F3N5O4. The van der Waals surface area contributed by atoms with E-state index < -0.39 is 37.0 Å². The first-order chi connectivity index (χ1) is 13.4. The Morgan fingerprint density at radius 1 is 1.17 bits per heavy atom. The lowest BCUT2D eigenvalue weighted by molar-refractivity contribution is -0.175. The molecule has 0 atom stereocenters. The van der Waals surface area contributed by atoms with Crippen LogP contribution in [0.25, 0.3) is 5.65 Å². The Balaban J connectivity index is 1.85. The van der Waals surface area contributed by atoms with Crippen LogP contribution in [0.3, 0.4) is 0 Å². The molecule has 2 N–H and O–H groups in total. The zero-order chi connectivity index (χ0) is 21.7. The van der Waals surface area contributed by atoms with Crippen molar-refractivity contribution in [3.05, 3.63) is 29.7 Å². The molecule has 160 valence electrons. The number of rotatable bonds is 7. The average Bonchev–Trinajstić information content (AvgIpc) is 2.97. The summed E-state index contributed by atoms with van der Waals surface area (Å²) in [5.74, 6) is -0.681. The van der Waals surface area contributed by atoms with Crippen molar-refractivity contribution in [2.45, 2.75) is 45.6 Å². The minimum Gasteiger partial charge on any atom is -0.444 e. The topological polar surface area (TPSA) is 107 Å². The standard InChI is InChI=1S/C17H22F3N5O4/c1-16(2,3)29-15(27)22-7-12-8-25-13(24-12)4-11(6-23-25)5-21-14(26)9-28-10-17(18,19)20/h4,6,8H,5,7,9-10H2,1-3H3,(H,21,26)(H,22,27). The average molecular weight is 417 g/mol. The van der Waals surface area contributed by atoms with Crippen LogP contribution >= 0.6 is 0 Å². The van der Waals surface area contributed by atoms with E-state index in [1.165, 1.54) is 10.7 Å². The summed E-state index contributed by atoms with van der Waals surface area (Å²) < 4.78 is 46.8. The molecule has 0 aliphatic heterocycles. The summed E-state index contributed by atoms with van der Waals surface area (Å²) in [4.78, 5) is 27.5. The smallest absolute Gasteiger partial charge is 0.411 e. The third-order valence-corrected chi connectivity index (χ3v) is 3.23. The molecule has 0 spiro atoms. The third-order valence-electron chi connectivity index (χ3n) is 3.23. The number of nitrogens with one attached hydrogen (secondary N) is 2. The van der Waals surface area contributed by atoms with Gasteiger partial charge in [0.25, 0.3) is 0 Å². The largest absolute Gasteiger partial charge is 0.444 e. The maximum absolute atomic E-state index is 12.0. The summed E-state index contributed by atoms with van der Waals surface area (Å²) in [5.41, 5.74) is 1.01. The van der Waals surface area contributed by atoms with Gasteiger partial charge in [-0.15, -0.1) is 0 Å². The van der Waals surface area contributed by atoms with E-state index in [-0.39, 0.29) is 13.1 Å². The van der Waals surface area contributed by atoms with Crippen molar-refractivity contribution in [3.63, 3.8) is 0 Å². The minimum atomic E-state index is -4.48. The van der Waals surface area contributed by atoms with Crippen molar-refractivity contribution >= 4 is 17.6 Å². The van der Waals surface area contributed by atoms with Crippen LogP contribution in [0, 0.1) is 0 Å². The molecule has 0 fully saturated rings. The van der Waals surface area contributed by atoms with E-state index in [2.05, 4.69) is 25.5 Å². The second kappa shape index (κ2) is 9.07. The minimum absolute atomic E-state index is 0.0516. The lowest BCUT2D eigenvalue weighted by atomic mass is 10.2. The van der Waals surface area contributed by atoms with Crippen molar-refractivity contribution in [2.75, 3.05) is 13.2 Å². The Bertz CT molecular complexity index is 861. The van der Waals surface area contributed by atoms with Crippen LogP contribution in [0.5, 0.6) is 0 Å². The number of alkyl carbamates (subject to hydrolysis) is 1. The number of ether oxygens (including phenoxy) is 2. The van der Waals surface area contributed by atoms with Gasteiger partial charge in [0.15, 0.2) is 5.65 Å². The normalized spacial score (nSPS) is 12.1. The molecule has 0 bridgehead atoms. The lowest BCUT2D eigenvalue weighted by Gasteiger charge is -2.19. The molecule has 12 heteroatoms. The summed E-state index contributed by atoms with van der Waals surface area (Å²) in [6, 6.07) is 1.65. The van der Waals surface area contributed by atoms with Gasteiger partial charge in [0.2, 0.25) is 5.91 Å². The Morgan fingerprint density at radius 2 is 1.90 bits per heavy atom. The fourth-order valence-corrected chi connectivity index (χ4v) is 2.13. The maximum Gasteiger partial charge on any atom is 0.411 e. The summed E-state index contributed by atoms with van der Waals surface area (Å²) in [6.45, 7) is 3.27. The highest BCUT2D eigenvalue weighted by molar-refractivity contribution is 5.77. The molecule has 0 aliphatic rings. The highest BCUT2D eigenvalue weighted by Gasteiger charge is 2.27. The SMILES string of the molecule is CC(C)(C)OC(=O)NCc1cn2ncc(CNC(=O)COCC(F)(F)F)cc2n1. The number of hydrogen-bond donors (Lipinski definition) is 2. The molecule has 0 unspecified atom stereocenters. The molecule has 9 nitrogen and oxygen atoms in total. The van der Waals surface area contributed by atoms with Gasteiger partial charge in [-0.05, 0) is 32.4 Å². The summed E-state index contributed by atoms with van der Waals surface area (Å²) in [6.07, 6.45) is -1.94. The van der Waals surface area contributed by atoms with Gasteiger partial charge in [0.05, 0.1) is 24.6 Å². The van der Waals surface area contributed by atoms with Gasteiger partial charge in [-0.3, -0.25) is 4.79 Å². The van der Waals surface area contributed by atoms with Crippen LogP contribution in [-0.4, -0.2) is 51.6 Å². The third kappa shape index (κ3) is 8.34. The van der Waals surface area contributed by atoms with Gasteiger partial charge in [-0.25, -0.2) is 14.3 Å². The number of alkyl halides is 3. The number of amides is 2. The Morgan fingerprint density at radius 3 is 2.55 bits per heavy atom. The monoisotopic (exact) mass is 417 g/mol. The van der Waals surface area contributed by atoms with Gasteiger partial charge in [0.1, 0.15) is 18.8 Å². The van der Waals surface area contributed by atoms with E-state index in [0.29, 0.717) is 16.9 Å². The Kier molecular flexibility index (Phi) is 7.01.